The van der Waals surface area contributed by atoms with Gasteiger partial charge in [-0.1, -0.05) is 70.7 Å². The van der Waals surface area contributed by atoms with Gasteiger partial charge in [0.25, 0.3) is 0 Å². The maximum absolute atomic E-state index is 10.4. The van der Waals surface area contributed by atoms with Gasteiger partial charge in [0.1, 0.15) is 12.7 Å². The third kappa shape index (κ3) is 6.73. The second-order valence-electron chi connectivity index (χ2n) is 7.15. The number of aliphatic hydroxyl groups is 1. The Morgan fingerprint density at radius 2 is 2.03 bits per heavy atom. The van der Waals surface area contributed by atoms with Crippen molar-refractivity contribution in [3.05, 3.63) is 69.7 Å². The van der Waals surface area contributed by atoms with Crippen molar-refractivity contribution in [2.45, 2.75) is 25.2 Å². The zero-order valence-electron chi connectivity index (χ0n) is 16.5. The molecule has 2 aromatic rings. The van der Waals surface area contributed by atoms with Gasteiger partial charge in [0, 0.05) is 31.6 Å². The Morgan fingerprint density at radius 1 is 1.23 bits per heavy atom. The van der Waals surface area contributed by atoms with Gasteiger partial charge in [-0.05, 0) is 17.7 Å². The molecule has 0 aromatic heterocycles. The molecule has 2 atom stereocenters. The number of hydrogen-bond donors (Lipinski definition) is 1. The second kappa shape index (κ2) is 11.4. The van der Waals surface area contributed by atoms with Crippen LogP contribution in [-0.4, -0.2) is 54.2 Å². The monoisotopic (exact) mass is 446 g/mol. The van der Waals surface area contributed by atoms with E-state index in [-0.39, 0.29) is 19.3 Å². The zero-order chi connectivity index (χ0) is 21.3. The summed E-state index contributed by atoms with van der Waals surface area (Å²) in [5, 5.41) is 15.6. The number of halogens is 2. The molecule has 0 fully saturated rings. The number of nitrogens with zero attached hydrogens (tertiary/aromatic N) is 2. The fourth-order valence-corrected chi connectivity index (χ4v) is 3.61. The first-order chi connectivity index (χ1) is 14.5. The van der Waals surface area contributed by atoms with Gasteiger partial charge in [0.05, 0.1) is 28.5 Å². The minimum absolute atomic E-state index is 0.128. The van der Waals surface area contributed by atoms with Crippen LogP contribution in [0.5, 0.6) is 0 Å². The first kappa shape index (κ1) is 22.6. The van der Waals surface area contributed by atoms with E-state index in [0.717, 1.165) is 16.8 Å². The Labute approximate surface area is 187 Å². The molecule has 30 heavy (non-hydrogen) atoms. The number of oxime groups is 1. The summed E-state index contributed by atoms with van der Waals surface area (Å²) < 4.78 is 5.27. The molecule has 1 heterocycles. The summed E-state index contributed by atoms with van der Waals surface area (Å²) in [5.41, 5.74) is 2.87. The van der Waals surface area contributed by atoms with Crippen molar-refractivity contribution in [2.75, 3.05) is 26.3 Å². The lowest BCUT2D eigenvalue weighted by Crippen LogP contribution is -2.39. The summed E-state index contributed by atoms with van der Waals surface area (Å²) >= 11 is 12.1. The summed E-state index contributed by atoms with van der Waals surface area (Å²) in [6.45, 7) is 2.08. The molecule has 1 aliphatic heterocycles. The van der Waals surface area contributed by atoms with Gasteiger partial charge in [-0.2, -0.15) is 0 Å². The van der Waals surface area contributed by atoms with Gasteiger partial charge < -0.3 is 14.7 Å². The van der Waals surface area contributed by atoms with Crippen LogP contribution in [0, 0.1) is 12.3 Å². The Balaban J connectivity index is 1.61. The van der Waals surface area contributed by atoms with E-state index in [4.69, 9.17) is 39.2 Å². The van der Waals surface area contributed by atoms with E-state index < -0.39 is 6.10 Å². The topological polar surface area (TPSA) is 54.3 Å². The predicted molar refractivity (Wildman–Crippen MR) is 120 cm³/mol. The first-order valence-corrected chi connectivity index (χ1v) is 10.4. The summed E-state index contributed by atoms with van der Waals surface area (Å²) in [6, 6.07) is 15.5. The molecule has 7 heteroatoms. The number of hydrogen-bond acceptors (Lipinski definition) is 5. The van der Waals surface area contributed by atoms with E-state index in [2.05, 4.69) is 28.1 Å². The lowest BCUT2D eigenvalue weighted by atomic mass is 10.0. The van der Waals surface area contributed by atoms with Crippen molar-refractivity contribution in [3.8, 4) is 12.3 Å². The van der Waals surface area contributed by atoms with Gasteiger partial charge in [-0.25, -0.2) is 0 Å². The molecule has 0 bridgehead atoms. The maximum Gasteiger partial charge on any atom is 0.145 e. The molecule has 0 aliphatic carbocycles. The van der Waals surface area contributed by atoms with E-state index in [9.17, 15) is 5.11 Å². The highest BCUT2D eigenvalue weighted by atomic mass is 35.5. The quantitative estimate of drug-likeness (QED) is 0.442. The number of aliphatic hydroxyl groups excluding tert-OH is 1. The van der Waals surface area contributed by atoms with E-state index in [1.54, 1.807) is 12.1 Å². The van der Waals surface area contributed by atoms with Crippen LogP contribution >= 0.6 is 23.2 Å². The first-order valence-electron chi connectivity index (χ1n) is 9.69. The van der Waals surface area contributed by atoms with Crippen LogP contribution in [0.15, 0.2) is 53.7 Å². The average molecular weight is 447 g/mol. The molecule has 0 unspecified atom stereocenters. The van der Waals surface area contributed by atoms with Gasteiger partial charge >= 0.3 is 0 Å². The molecule has 1 N–H and O–H groups in total. The van der Waals surface area contributed by atoms with Crippen molar-refractivity contribution in [1.29, 1.82) is 0 Å². The number of rotatable bonds is 10. The van der Waals surface area contributed by atoms with Gasteiger partial charge in [-0.15, -0.1) is 6.42 Å². The molecule has 5 nitrogen and oxygen atoms in total. The molecular weight excluding hydrogens is 423 g/mol. The van der Waals surface area contributed by atoms with E-state index in [1.165, 1.54) is 0 Å². The van der Waals surface area contributed by atoms with Crippen LogP contribution in [0.1, 0.15) is 17.5 Å². The zero-order valence-corrected chi connectivity index (χ0v) is 18.0. The molecule has 2 aromatic carbocycles. The summed E-state index contributed by atoms with van der Waals surface area (Å²) in [4.78, 5) is 7.81. The summed E-state index contributed by atoms with van der Waals surface area (Å²) in [7, 11) is 0. The van der Waals surface area contributed by atoms with E-state index in [0.29, 0.717) is 36.1 Å². The molecule has 1 aliphatic rings. The fourth-order valence-electron chi connectivity index (χ4n) is 3.31. The number of benzene rings is 2. The van der Waals surface area contributed by atoms with Gasteiger partial charge in [-0.3, -0.25) is 4.90 Å². The van der Waals surface area contributed by atoms with Crippen LogP contribution in [0.25, 0.3) is 0 Å². The van der Waals surface area contributed by atoms with Crippen LogP contribution in [0.2, 0.25) is 10.0 Å². The van der Waals surface area contributed by atoms with E-state index >= 15 is 0 Å². The molecule has 0 saturated heterocycles. The second-order valence-corrected chi connectivity index (χ2v) is 7.97. The highest BCUT2D eigenvalue weighted by Gasteiger charge is 2.26. The van der Waals surface area contributed by atoms with Crippen molar-refractivity contribution in [2.24, 2.45) is 5.16 Å². The van der Waals surface area contributed by atoms with Crippen molar-refractivity contribution < 1.29 is 14.7 Å². The van der Waals surface area contributed by atoms with Gasteiger partial charge in [0.15, 0.2) is 0 Å². The summed E-state index contributed by atoms with van der Waals surface area (Å²) in [6.07, 6.45) is 5.06. The average Bonchev–Trinajstić information content (AvgIpc) is 3.19. The SMILES string of the molecule is C#CCOC[C@@H](O)CN(Cc1ccccc1)C[C@H]1CC(c2ccc(Cl)c(Cl)c2)=NO1. The highest BCUT2D eigenvalue weighted by Crippen LogP contribution is 2.26. The van der Waals surface area contributed by atoms with Crippen LogP contribution in [0.4, 0.5) is 0 Å². The highest BCUT2D eigenvalue weighted by molar-refractivity contribution is 6.42. The van der Waals surface area contributed by atoms with E-state index in [1.807, 2.05) is 24.3 Å². The summed E-state index contributed by atoms with van der Waals surface area (Å²) in [5.74, 6) is 2.40. The predicted octanol–water partition coefficient (Wildman–Crippen LogP) is 4.00. The molecule has 158 valence electrons. The number of ether oxygens (including phenoxy) is 1. The Morgan fingerprint density at radius 3 is 2.77 bits per heavy atom. The number of terminal acetylenes is 1. The van der Waals surface area contributed by atoms with Gasteiger partial charge in [0.2, 0.25) is 0 Å². The smallest absolute Gasteiger partial charge is 0.145 e. The standard InChI is InChI=1S/C23H24Cl2N2O3/c1-2-10-29-16-19(28)14-27(13-17-6-4-3-5-7-17)15-20-12-23(26-30-20)18-8-9-21(24)22(25)11-18/h1,3-9,11,19-20,28H,10,12-16H2/t19-,20+/m0/s1. The largest absolute Gasteiger partial charge is 0.390 e. The molecule has 0 spiro atoms. The third-order valence-corrected chi connectivity index (χ3v) is 5.40. The minimum Gasteiger partial charge on any atom is -0.390 e. The van der Waals surface area contributed by atoms with Crippen LogP contribution < -0.4 is 0 Å². The third-order valence-electron chi connectivity index (χ3n) is 4.66. The van der Waals surface area contributed by atoms with Crippen molar-refractivity contribution in [1.82, 2.24) is 4.90 Å². The molecular formula is C23H24Cl2N2O3. The minimum atomic E-state index is -0.654. The van der Waals surface area contributed by atoms with Crippen molar-refractivity contribution >= 4 is 28.9 Å². The molecule has 0 amide bonds. The van der Waals surface area contributed by atoms with Crippen LogP contribution in [-0.2, 0) is 16.1 Å². The van der Waals surface area contributed by atoms with Crippen LogP contribution in [0.3, 0.4) is 0 Å². The lowest BCUT2D eigenvalue weighted by Gasteiger charge is -2.26. The molecule has 0 radical (unpaired) electrons. The maximum atomic E-state index is 10.4. The van der Waals surface area contributed by atoms with Crippen molar-refractivity contribution in [3.63, 3.8) is 0 Å². The lowest BCUT2D eigenvalue weighted by molar-refractivity contribution is 0.00418. The Kier molecular flexibility index (Phi) is 8.56. The molecule has 0 saturated carbocycles. The Hall–Kier alpha value is -2.07. The normalized spacial score (nSPS) is 16.8. The molecule has 3 rings (SSSR count). The Bertz CT molecular complexity index is 899. The fraction of sp³-hybridized carbons (Fsp3) is 0.348.